The Hall–Kier alpha value is -3.45. The highest BCUT2D eigenvalue weighted by molar-refractivity contribution is 7.92. The van der Waals surface area contributed by atoms with Crippen LogP contribution in [-0.4, -0.2) is 32.3 Å². The van der Waals surface area contributed by atoms with Gasteiger partial charge in [-0.15, -0.1) is 0 Å². The van der Waals surface area contributed by atoms with Crippen LogP contribution in [0.15, 0.2) is 83.8 Å². The van der Waals surface area contributed by atoms with Gasteiger partial charge in [-0.1, -0.05) is 36.4 Å². The van der Waals surface area contributed by atoms with Gasteiger partial charge in [0.25, 0.3) is 15.9 Å². The van der Waals surface area contributed by atoms with Crippen LogP contribution in [0.1, 0.15) is 27.9 Å². The summed E-state index contributed by atoms with van der Waals surface area (Å²) < 4.78 is 41.0. The summed E-state index contributed by atoms with van der Waals surface area (Å²) in [7, 11) is -3.86. The number of nitrogens with one attached hydrogen (secondary N) is 1. The maximum Gasteiger partial charge on any atom is 0.261 e. The van der Waals surface area contributed by atoms with Gasteiger partial charge in [0.2, 0.25) is 0 Å². The number of sulfonamides is 1. The summed E-state index contributed by atoms with van der Waals surface area (Å²) >= 11 is 0. The molecule has 1 heterocycles. The fourth-order valence-corrected chi connectivity index (χ4v) is 4.77. The van der Waals surface area contributed by atoms with Crippen molar-refractivity contribution in [2.24, 2.45) is 0 Å². The molecule has 5 nitrogen and oxygen atoms in total. The van der Waals surface area contributed by atoms with E-state index >= 15 is 0 Å². The number of anilines is 1. The molecule has 0 spiro atoms. The van der Waals surface area contributed by atoms with Crippen molar-refractivity contribution in [1.82, 2.24) is 4.90 Å². The third kappa shape index (κ3) is 4.73. The van der Waals surface area contributed by atoms with Crippen molar-refractivity contribution in [3.63, 3.8) is 0 Å². The van der Waals surface area contributed by atoms with Crippen LogP contribution in [0.3, 0.4) is 0 Å². The van der Waals surface area contributed by atoms with E-state index in [9.17, 15) is 17.6 Å². The van der Waals surface area contributed by atoms with E-state index < -0.39 is 15.8 Å². The molecule has 0 aliphatic carbocycles. The minimum absolute atomic E-state index is 0.0223. The number of aryl methyl sites for hydroxylation is 1. The van der Waals surface area contributed by atoms with E-state index in [1.165, 1.54) is 30.2 Å². The van der Waals surface area contributed by atoms with Gasteiger partial charge in [-0.3, -0.25) is 9.52 Å². The molecule has 1 aliphatic heterocycles. The molecule has 1 aliphatic rings. The van der Waals surface area contributed by atoms with Gasteiger partial charge in [-0.25, -0.2) is 12.8 Å². The average Bonchev–Trinajstić information content (AvgIpc) is 2.81. The van der Waals surface area contributed by atoms with Gasteiger partial charge in [0.05, 0.1) is 4.90 Å². The molecular weight excluding hydrogens is 427 g/mol. The molecule has 7 heteroatoms. The predicted octanol–water partition coefficient (Wildman–Crippen LogP) is 4.86. The first kappa shape index (κ1) is 21.8. The van der Waals surface area contributed by atoms with E-state index in [1.54, 1.807) is 29.2 Å². The lowest BCUT2D eigenvalue weighted by Gasteiger charge is -2.27. The Balaban J connectivity index is 1.43. The van der Waals surface area contributed by atoms with E-state index in [-0.39, 0.29) is 16.4 Å². The van der Waals surface area contributed by atoms with Crippen LogP contribution < -0.4 is 4.72 Å². The molecule has 0 fully saturated rings. The molecule has 164 valence electrons. The third-order valence-corrected chi connectivity index (χ3v) is 6.84. The van der Waals surface area contributed by atoms with Crippen LogP contribution in [0.4, 0.5) is 10.1 Å². The Morgan fingerprint density at radius 2 is 1.72 bits per heavy atom. The monoisotopic (exact) mass is 450 g/mol. The molecular formula is C25H23FN2O3S. The SMILES string of the molecule is Cc1cc(S(=O)(=O)Nc2ccc(C(=O)N3CC=C(c4ccccc4)CC3)cc2)ccc1F. The first-order valence-electron chi connectivity index (χ1n) is 10.3. The van der Waals surface area contributed by atoms with Gasteiger partial charge in [-0.2, -0.15) is 0 Å². The molecule has 1 amide bonds. The lowest BCUT2D eigenvalue weighted by molar-refractivity contribution is 0.0773. The van der Waals surface area contributed by atoms with Crippen LogP contribution in [-0.2, 0) is 10.0 Å². The molecule has 3 aromatic carbocycles. The predicted molar refractivity (Wildman–Crippen MR) is 123 cm³/mol. The summed E-state index contributed by atoms with van der Waals surface area (Å²) in [6.45, 7) is 2.66. The van der Waals surface area contributed by atoms with Gasteiger partial charge in [0, 0.05) is 24.3 Å². The Morgan fingerprint density at radius 3 is 2.34 bits per heavy atom. The maximum atomic E-state index is 13.4. The van der Waals surface area contributed by atoms with Gasteiger partial charge in [-0.05, 0) is 72.5 Å². The molecule has 1 N–H and O–H groups in total. The van der Waals surface area contributed by atoms with E-state index in [0.29, 0.717) is 24.3 Å². The number of halogens is 1. The zero-order valence-corrected chi connectivity index (χ0v) is 18.4. The van der Waals surface area contributed by atoms with E-state index in [4.69, 9.17) is 0 Å². The maximum absolute atomic E-state index is 13.4. The molecule has 3 aromatic rings. The number of nitrogens with zero attached hydrogens (tertiary/aromatic N) is 1. The summed E-state index contributed by atoms with van der Waals surface area (Å²) in [5.41, 5.74) is 3.47. The second-order valence-electron chi connectivity index (χ2n) is 7.69. The highest BCUT2D eigenvalue weighted by Crippen LogP contribution is 2.24. The van der Waals surface area contributed by atoms with Gasteiger partial charge in [0.1, 0.15) is 5.82 Å². The van der Waals surface area contributed by atoms with E-state index in [1.807, 2.05) is 18.2 Å². The highest BCUT2D eigenvalue weighted by atomic mass is 32.2. The molecule has 0 unspecified atom stereocenters. The quantitative estimate of drug-likeness (QED) is 0.603. The number of benzene rings is 3. The fraction of sp³-hybridized carbons (Fsp3) is 0.160. The van der Waals surface area contributed by atoms with Crippen molar-refractivity contribution in [3.05, 3.63) is 101 Å². The van der Waals surface area contributed by atoms with Crippen molar-refractivity contribution in [1.29, 1.82) is 0 Å². The fourth-order valence-electron chi connectivity index (χ4n) is 3.63. The smallest absolute Gasteiger partial charge is 0.261 e. The lowest BCUT2D eigenvalue weighted by atomic mass is 9.99. The van der Waals surface area contributed by atoms with Crippen molar-refractivity contribution < 1.29 is 17.6 Å². The third-order valence-electron chi connectivity index (χ3n) is 5.46. The summed E-state index contributed by atoms with van der Waals surface area (Å²) in [5.74, 6) is -0.563. The van der Waals surface area contributed by atoms with Crippen LogP contribution in [0, 0.1) is 12.7 Å². The minimum atomic E-state index is -3.86. The second kappa shape index (κ2) is 8.96. The van der Waals surface area contributed by atoms with Gasteiger partial charge >= 0.3 is 0 Å². The number of amides is 1. The van der Waals surface area contributed by atoms with Crippen LogP contribution in [0.2, 0.25) is 0 Å². The van der Waals surface area contributed by atoms with Crippen LogP contribution >= 0.6 is 0 Å². The molecule has 0 aromatic heterocycles. The van der Waals surface area contributed by atoms with Crippen molar-refractivity contribution in [2.75, 3.05) is 17.8 Å². The lowest BCUT2D eigenvalue weighted by Crippen LogP contribution is -2.34. The molecule has 0 saturated heterocycles. The van der Waals surface area contributed by atoms with Crippen molar-refractivity contribution in [2.45, 2.75) is 18.2 Å². The van der Waals surface area contributed by atoms with Gasteiger partial charge < -0.3 is 4.90 Å². The first-order chi connectivity index (χ1) is 15.3. The van der Waals surface area contributed by atoms with E-state index in [2.05, 4.69) is 22.9 Å². The number of carbonyl (C=O) groups is 1. The first-order valence-corrected chi connectivity index (χ1v) is 11.7. The van der Waals surface area contributed by atoms with Crippen molar-refractivity contribution >= 4 is 27.2 Å². The van der Waals surface area contributed by atoms with Crippen LogP contribution in [0.25, 0.3) is 5.57 Å². The topological polar surface area (TPSA) is 66.5 Å². The zero-order valence-electron chi connectivity index (χ0n) is 17.6. The number of hydrogen-bond acceptors (Lipinski definition) is 3. The summed E-state index contributed by atoms with van der Waals surface area (Å²) in [6.07, 6.45) is 2.86. The second-order valence-corrected chi connectivity index (χ2v) is 9.37. The molecule has 0 atom stereocenters. The molecule has 0 bridgehead atoms. The Labute approximate surface area is 187 Å². The number of carbonyl (C=O) groups excluding carboxylic acids is 1. The van der Waals surface area contributed by atoms with Gasteiger partial charge in [0.15, 0.2) is 0 Å². The molecule has 4 rings (SSSR count). The zero-order chi connectivity index (χ0) is 22.7. The number of hydrogen-bond donors (Lipinski definition) is 1. The summed E-state index contributed by atoms with van der Waals surface area (Å²) in [4.78, 5) is 14.6. The van der Waals surface area contributed by atoms with E-state index in [0.717, 1.165) is 12.5 Å². The molecule has 0 radical (unpaired) electrons. The molecule has 32 heavy (non-hydrogen) atoms. The highest BCUT2D eigenvalue weighted by Gasteiger charge is 2.20. The largest absolute Gasteiger partial charge is 0.335 e. The summed E-state index contributed by atoms with van der Waals surface area (Å²) in [5, 5.41) is 0. The Bertz CT molecular complexity index is 1270. The Morgan fingerprint density at radius 1 is 1.00 bits per heavy atom. The number of rotatable bonds is 5. The minimum Gasteiger partial charge on any atom is -0.335 e. The molecule has 0 saturated carbocycles. The standard InChI is InChI=1S/C25H23FN2O3S/c1-18-17-23(11-12-24(18)26)32(30,31)27-22-9-7-21(8-10-22)25(29)28-15-13-20(14-16-28)19-5-3-2-4-6-19/h2-13,17,27H,14-16H2,1H3. The normalized spacial score (nSPS) is 14.1. The average molecular weight is 451 g/mol. The van der Waals surface area contributed by atoms with Crippen molar-refractivity contribution in [3.8, 4) is 0 Å². The van der Waals surface area contributed by atoms with Crippen LogP contribution in [0.5, 0.6) is 0 Å². The summed E-state index contributed by atoms with van der Waals surface area (Å²) in [6, 6.07) is 20.0. The Kier molecular flexibility index (Phi) is 6.10.